The summed E-state index contributed by atoms with van der Waals surface area (Å²) in [5, 5.41) is 2.74. The molecule has 3 rings (SSSR count). The van der Waals surface area contributed by atoms with Crippen LogP contribution in [-0.4, -0.2) is 41.1 Å². The van der Waals surface area contributed by atoms with Crippen molar-refractivity contribution >= 4 is 39.3 Å². The molecule has 0 aliphatic rings. The maximum Gasteiger partial charge on any atom is 0.338 e. The average Bonchev–Trinajstić information content (AvgIpc) is 2.84. The highest BCUT2D eigenvalue weighted by Gasteiger charge is 2.21. The SMILES string of the molecule is CNS(=O)(=O)c1cc(C(=O)OCC(=O)Nc2ccccc2Sc2ccccc2)ccc1OC. The minimum absolute atomic E-state index is 0.0301. The summed E-state index contributed by atoms with van der Waals surface area (Å²) in [5.74, 6) is -1.29. The molecule has 0 radical (unpaired) electrons. The summed E-state index contributed by atoms with van der Waals surface area (Å²) >= 11 is 1.49. The van der Waals surface area contributed by atoms with Gasteiger partial charge in [0.05, 0.1) is 18.4 Å². The first-order valence-electron chi connectivity index (χ1n) is 9.74. The number of nitrogens with one attached hydrogen (secondary N) is 2. The van der Waals surface area contributed by atoms with E-state index in [1.165, 1.54) is 38.1 Å². The number of esters is 1. The molecule has 172 valence electrons. The van der Waals surface area contributed by atoms with Gasteiger partial charge in [0.2, 0.25) is 10.0 Å². The largest absolute Gasteiger partial charge is 0.495 e. The zero-order chi connectivity index (χ0) is 23.8. The number of benzene rings is 3. The summed E-state index contributed by atoms with van der Waals surface area (Å²) in [6, 6.07) is 20.8. The molecule has 0 saturated heterocycles. The van der Waals surface area contributed by atoms with Crippen molar-refractivity contribution < 1.29 is 27.5 Å². The Kier molecular flexibility index (Phi) is 8.10. The van der Waals surface area contributed by atoms with Gasteiger partial charge in [0, 0.05) is 9.79 Å². The molecule has 2 N–H and O–H groups in total. The first-order chi connectivity index (χ1) is 15.8. The zero-order valence-corrected chi connectivity index (χ0v) is 19.5. The molecule has 0 aliphatic heterocycles. The second-order valence-electron chi connectivity index (χ2n) is 6.61. The van der Waals surface area contributed by atoms with Crippen molar-refractivity contribution in [3.63, 3.8) is 0 Å². The van der Waals surface area contributed by atoms with Crippen LogP contribution in [-0.2, 0) is 19.6 Å². The van der Waals surface area contributed by atoms with Gasteiger partial charge >= 0.3 is 5.97 Å². The van der Waals surface area contributed by atoms with E-state index in [1.807, 2.05) is 42.5 Å². The van der Waals surface area contributed by atoms with Crippen molar-refractivity contribution in [2.24, 2.45) is 0 Å². The number of amides is 1. The van der Waals surface area contributed by atoms with Crippen molar-refractivity contribution in [2.75, 3.05) is 26.1 Å². The van der Waals surface area contributed by atoms with Crippen LogP contribution >= 0.6 is 11.8 Å². The predicted octanol–water partition coefficient (Wildman–Crippen LogP) is 3.55. The van der Waals surface area contributed by atoms with Crippen LogP contribution in [0.4, 0.5) is 5.69 Å². The maximum absolute atomic E-state index is 12.4. The Labute approximate surface area is 196 Å². The van der Waals surface area contributed by atoms with Crippen LogP contribution in [0.15, 0.2) is 87.5 Å². The van der Waals surface area contributed by atoms with Gasteiger partial charge in [0.1, 0.15) is 10.6 Å². The van der Waals surface area contributed by atoms with E-state index in [1.54, 1.807) is 12.1 Å². The number of carbonyl (C=O) groups excluding carboxylic acids is 2. The van der Waals surface area contributed by atoms with Gasteiger partial charge in [-0.3, -0.25) is 4.79 Å². The fourth-order valence-corrected chi connectivity index (χ4v) is 4.64. The Bertz CT molecular complexity index is 1250. The number of hydrogen-bond acceptors (Lipinski definition) is 7. The lowest BCUT2D eigenvalue weighted by atomic mass is 10.2. The number of hydrogen-bond donors (Lipinski definition) is 2. The van der Waals surface area contributed by atoms with Crippen LogP contribution in [0, 0.1) is 0 Å². The second kappa shape index (κ2) is 11.0. The highest BCUT2D eigenvalue weighted by Crippen LogP contribution is 2.33. The molecule has 0 atom stereocenters. The smallest absolute Gasteiger partial charge is 0.338 e. The lowest BCUT2D eigenvalue weighted by molar-refractivity contribution is -0.119. The summed E-state index contributed by atoms with van der Waals surface area (Å²) in [4.78, 5) is 26.5. The molecule has 3 aromatic carbocycles. The number of carbonyl (C=O) groups is 2. The van der Waals surface area contributed by atoms with E-state index in [0.717, 1.165) is 15.9 Å². The normalized spacial score (nSPS) is 11.0. The minimum atomic E-state index is -3.86. The molecule has 0 fully saturated rings. The van der Waals surface area contributed by atoms with Gasteiger partial charge in [-0.1, -0.05) is 42.1 Å². The fraction of sp³-hybridized carbons (Fsp3) is 0.130. The van der Waals surface area contributed by atoms with Gasteiger partial charge in [-0.25, -0.2) is 17.9 Å². The fourth-order valence-electron chi connectivity index (χ4n) is 2.80. The van der Waals surface area contributed by atoms with E-state index in [0.29, 0.717) is 5.69 Å². The van der Waals surface area contributed by atoms with Crippen LogP contribution < -0.4 is 14.8 Å². The van der Waals surface area contributed by atoms with Crippen LogP contribution in [0.2, 0.25) is 0 Å². The maximum atomic E-state index is 12.4. The van der Waals surface area contributed by atoms with Crippen molar-refractivity contribution in [3.8, 4) is 5.75 Å². The Morgan fingerprint density at radius 3 is 2.36 bits per heavy atom. The second-order valence-corrected chi connectivity index (χ2v) is 9.58. The van der Waals surface area contributed by atoms with Crippen LogP contribution in [0.3, 0.4) is 0 Å². The van der Waals surface area contributed by atoms with Crippen molar-refractivity contribution in [1.82, 2.24) is 4.72 Å². The topological polar surface area (TPSA) is 111 Å². The Hall–Kier alpha value is -3.34. The van der Waals surface area contributed by atoms with Gasteiger partial charge in [-0.05, 0) is 49.5 Å². The van der Waals surface area contributed by atoms with E-state index in [-0.39, 0.29) is 16.2 Å². The van der Waals surface area contributed by atoms with Gasteiger partial charge in [0.15, 0.2) is 6.61 Å². The third kappa shape index (κ3) is 6.35. The number of anilines is 1. The highest BCUT2D eigenvalue weighted by molar-refractivity contribution is 7.99. The molecular formula is C23H22N2O6S2. The molecule has 0 bridgehead atoms. The van der Waals surface area contributed by atoms with Crippen molar-refractivity contribution in [1.29, 1.82) is 0 Å². The molecule has 33 heavy (non-hydrogen) atoms. The van der Waals surface area contributed by atoms with Gasteiger partial charge < -0.3 is 14.8 Å². The number of methoxy groups -OCH3 is 1. The predicted molar refractivity (Wildman–Crippen MR) is 125 cm³/mol. The number of ether oxygens (including phenoxy) is 2. The molecule has 0 spiro atoms. The van der Waals surface area contributed by atoms with E-state index in [4.69, 9.17) is 9.47 Å². The zero-order valence-electron chi connectivity index (χ0n) is 17.9. The minimum Gasteiger partial charge on any atom is -0.495 e. The van der Waals surface area contributed by atoms with Crippen LogP contribution in [0.5, 0.6) is 5.75 Å². The van der Waals surface area contributed by atoms with E-state index in [9.17, 15) is 18.0 Å². The lowest BCUT2D eigenvalue weighted by Gasteiger charge is -2.12. The standard InChI is InChI=1S/C23H22N2O6S2/c1-24-33(28,29)21-14-16(12-13-19(21)30-2)23(27)31-15-22(26)25-18-10-6-7-11-20(18)32-17-8-4-3-5-9-17/h3-14,24H,15H2,1-2H3,(H,25,26). The summed E-state index contributed by atoms with van der Waals surface area (Å²) in [5.41, 5.74) is 0.553. The Morgan fingerprint density at radius 1 is 0.970 bits per heavy atom. The quantitative estimate of drug-likeness (QED) is 0.445. The Morgan fingerprint density at radius 2 is 1.67 bits per heavy atom. The Balaban J connectivity index is 1.66. The molecule has 3 aromatic rings. The summed E-state index contributed by atoms with van der Waals surface area (Å²) in [6.45, 7) is -0.538. The lowest BCUT2D eigenvalue weighted by Crippen LogP contribution is -2.22. The molecule has 10 heteroatoms. The molecule has 0 heterocycles. The number of para-hydroxylation sites is 1. The molecule has 0 aromatic heterocycles. The average molecular weight is 487 g/mol. The first-order valence-corrected chi connectivity index (χ1v) is 12.0. The van der Waals surface area contributed by atoms with Gasteiger partial charge in [0.25, 0.3) is 5.91 Å². The molecule has 0 saturated carbocycles. The van der Waals surface area contributed by atoms with Crippen LogP contribution in [0.1, 0.15) is 10.4 Å². The summed E-state index contributed by atoms with van der Waals surface area (Å²) in [7, 11) is -1.30. The van der Waals surface area contributed by atoms with E-state index >= 15 is 0 Å². The molecule has 1 amide bonds. The molecule has 0 aliphatic carbocycles. The van der Waals surface area contributed by atoms with Crippen LogP contribution in [0.25, 0.3) is 0 Å². The van der Waals surface area contributed by atoms with Crippen molar-refractivity contribution in [2.45, 2.75) is 14.7 Å². The molecular weight excluding hydrogens is 464 g/mol. The summed E-state index contributed by atoms with van der Waals surface area (Å²) in [6.07, 6.45) is 0. The first kappa shape index (κ1) is 24.3. The molecule has 0 unspecified atom stereocenters. The number of rotatable bonds is 9. The van der Waals surface area contributed by atoms with Gasteiger partial charge in [-0.2, -0.15) is 0 Å². The third-order valence-electron chi connectivity index (χ3n) is 4.42. The monoisotopic (exact) mass is 486 g/mol. The number of sulfonamides is 1. The van der Waals surface area contributed by atoms with Crippen molar-refractivity contribution in [3.05, 3.63) is 78.4 Å². The molecule has 8 nitrogen and oxygen atoms in total. The third-order valence-corrected chi connectivity index (χ3v) is 6.94. The van der Waals surface area contributed by atoms with E-state index < -0.39 is 28.5 Å². The summed E-state index contributed by atoms with van der Waals surface area (Å²) < 4.78 is 36.7. The van der Waals surface area contributed by atoms with E-state index in [2.05, 4.69) is 10.0 Å². The van der Waals surface area contributed by atoms with Gasteiger partial charge in [-0.15, -0.1) is 0 Å². The highest BCUT2D eigenvalue weighted by atomic mass is 32.2.